The molecule has 0 atom stereocenters. The first-order chi connectivity index (χ1) is 6.16. The number of rotatable bonds is 4. The highest BCUT2D eigenvalue weighted by Gasteiger charge is 2.21. The highest BCUT2D eigenvalue weighted by Crippen LogP contribution is 2.20. The number of aliphatic hydroxyl groups is 1. The number of carbonyl (C=O) groups excluding carboxylic acids is 1. The molecule has 0 spiro atoms. The van der Waals surface area contributed by atoms with Crippen molar-refractivity contribution in [3.8, 4) is 0 Å². The summed E-state index contributed by atoms with van der Waals surface area (Å²) < 4.78 is 0. The van der Waals surface area contributed by atoms with E-state index in [1.807, 2.05) is 6.08 Å². The summed E-state index contributed by atoms with van der Waals surface area (Å²) in [4.78, 5) is 10.8. The molecule has 0 aromatic carbocycles. The molecule has 0 unspecified atom stereocenters. The molecule has 0 amide bonds. The number of unbranched alkanes of at least 4 members (excludes halogenated alkanes) is 1. The minimum Gasteiger partial charge on any atom is -0.382 e. The molecule has 13 heavy (non-hydrogen) atoms. The minimum atomic E-state index is -0.920. The second-order valence-electron chi connectivity index (χ2n) is 3.24. The fourth-order valence-electron chi connectivity index (χ4n) is 1.26. The van der Waals surface area contributed by atoms with Crippen molar-refractivity contribution in [2.24, 2.45) is 0 Å². The van der Waals surface area contributed by atoms with Crippen LogP contribution in [0, 0.1) is 0 Å². The molecule has 0 bridgehead atoms. The van der Waals surface area contributed by atoms with Crippen molar-refractivity contribution in [3.63, 3.8) is 0 Å². The quantitative estimate of drug-likeness (QED) is 0.526. The molecule has 1 aliphatic carbocycles. The van der Waals surface area contributed by atoms with Gasteiger partial charge in [0.15, 0.2) is 5.78 Å². The van der Waals surface area contributed by atoms with Crippen LogP contribution in [0.25, 0.3) is 0 Å². The van der Waals surface area contributed by atoms with E-state index in [-0.39, 0.29) is 5.78 Å². The molecule has 0 saturated carbocycles. The summed E-state index contributed by atoms with van der Waals surface area (Å²) in [6.45, 7) is 3.61. The molecule has 2 nitrogen and oxygen atoms in total. The molecule has 1 N–H and O–H groups in total. The van der Waals surface area contributed by atoms with Crippen LogP contribution in [-0.2, 0) is 4.79 Å². The molecular weight excluding hydrogens is 164 g/mol. The molecule has 1 aliphatic rings. The van der Waals surface area contributed by atoms with E-state index in [1.165, 1.54) is 12.2 Å². The molecular formula is C11H14O2. The van der Waals surface area contributed by atoms with Gasteiger partial charge in [-0.1, -0.05) is 6.08 Å². The Morgan fingerprint density at radius 3 is 2.62 bits per heavy atom. The Kier molecular flexibility index (Phi) is 3.20. The van der Waals surface area contributed by atoms with Gasteiger partial charge in [-0.2, -0.15) is 0 Å². The Labute approximate surface area is 78.3 Å². The van der Waals surface area contributed by atoms with Crippen LogP contribution in [0.4, 0.5) is 0 Å². The SMILES string of the molecule is C=CCCCC1(O)C=CC(=O)C=C1. The number of allylic oxidation sites excluding steroid dienone is 3. The Morgan fingerprint density at radius 2 is 2.08 bits per heavy atom. The van der Waals surface area contributed by atoms with Crippen molar-refractivity contribution >= 4 is 5.78 Å². The maximum atomic E-state index is 10.8. The molecule has 2 heteroatoms. The van der Waals surface area contributed by atoms with E-state index in [0.29, 0.717) is 6.42 Å². The smallest absolute Gasteiger partial charge is 0.178 e. The zero-order valence-electron chi connectivity index (χ0n) is 7.57. The zero-order valence-corrected chi connectivity index (χ0v) is 7.57. The third-order valence-corrected chi connectivity index (χ3v) is 2.06. The summed E-state index contributed by atoms with van der Waals surface area (Å²) in [5.41, 5.74) is -0.920. The van der Waals surface area contributed by atoms with Crippen LogP contribution in [0.1, 0.15) is 19.3 Å². The zero-order chi connectivity index (χ0) is 9.73. The lowest BCUT2D eigenvalue weighted by molar-refractivity contribution is -0.110. The van der Waals surface area contributed by atoms with Gasteiger partial charge in [0, 0.05) is 0 Å². The van der Waals surface area contributed by atoms with Gasteiger partial charge >= 0.3 is 0 Å². The van der Waals surface area contributed by atoms with Crippen LogP contribution in [0.2, 0.25) is 0 Å². The number of ketones is 1. The van der Waals surface area contributed by atoms with Gasteiger partial charge in [0.25, 0.3) is 0 Å². The van der Waals surface area contributed by atoms with Crippen LogP contribution < -0.4 is 0 Å². The highest BCUT2D eigenvalue weighted by molar-refractivity contribution is 6.00. The van der Waals surface area contributed by atoms with Gasteiger partial charge in [-0.15, -0.1) is 6.58 Å². The van der Waals surface area contributed by atoms with Crippen molar-refractivity contribution in [2.75, 3.05) is 0 Å². The standard InChI is InChI=1S/C11H14O2/c1-2-3-4-7-11(13)8-5-10(12)6-9-11/h2,5-6,8-9,13H,1,3-4,7H2. The van der Waals surface area contributed by atoms with Crippen molar-refractivity contribution < 1.29 is 9.90 Å². The predicted molar refractivity (Wildman–Crippen MR) is 52.3 cm³/mol. The van der Waals surface area contributed by atoms with Crippen molar-refractivity contribution in [2.45, 2.75) is 24.9 Å². The Hall–Kier alpha value is -1.15. The molecule has 0 aliphatic heterocycles. The van der Waals surface area contributed by atoms with E-state index in [0.717, 1.165) is 12.8 Å². The van der Waals surface area contributed by atoms with E-state index in [2.05, 4.69) is 6.58 Å². The topological polar surface area (TPSA) is 37.3 Å². The normalized spacial score (nSPS) is 19.0. The van der Waals surface area contributed by atoms with E-state index in [4.69, 9.17) is 0 Å². The molecule has 0 aromatic rings. The Morgan fingerprint density at radius 1 is 1.46 bits per heavy atom. The molecule has 0 radical (unpaired) electrons. The lowest BCUT2D eigenvalue weighted by Crippen LogP contribution is -2.25. The summed E-state index contributed by atoms with van der Waals surface area (Å²) >= 11 is 0. The summed E-state index contributed by atoms with van der Waals surface area (Å²) in [7, 11) is 0. The largest absolute Gasteiger partial charge is 0.382 e. The highest BCUT2D eigenvalue weighted by atomic mass is 16.3. The monoisotopic (exact) mass is 178 g/mol. The maximum absolute atomic E-state index is 10.8. The van der Waals surface area contributed by atoms with Crippen LogP contribution in [0.15, 0.2) is 37.0 Å². The van der Waals surface area contributed by atoms with Crippen LogP contribution >= 0.6 is 0 Å². The first kappa shape index (κ1) is 9.93. The summed E-state index contributed by atoms with van der Waals surface area (Å²) in [6.07, 6.45) is 10.2. The van der Waals surface area contributed by atoms with Crippen molar-refractivity contribution in [3.05, 3.63) is 37.0 Å². The molecule has 1 rings (SSSR count). The van der Waals surface area contributed by atoms with Gasteiger partial charge in [0.2, 0.25) is 0 Å². The first-order valence-corrected chi connectivity index (χ1v) is 4.42. The summed E-state index contributed by atoms with van der Waals surface area (Å²) in [5.74, 6) is -0.0617. The molecule has 0 heterocycles. The Balaban J connectivity index is 2.48. The third-order valence-electron chi connectivity index (χ3n) is 2.06. The van der Waals surface area contributed by atoms with E-state index < -0.39 is 5.60 Å². The Bertz CT molecular complexity index is 245. The maximum Gasteiger partial charge on any atom is 0.178 e. The number of hydrogen-bond acceptors (Lipinski definition) is 2. The minimum absolute atomic E-state index is 0.0617. The van der Waals surface area contributed by atoms with Crippen molar-refractivity contribution in [1.82, 2.24) is 0 Å². The second kappa shape index (κ2) is 4.19. The average molecular weight is 178 g/mol. The molecule has 70 valence electrons. The van der Waals surface area contributed by atoms with Crippen LogP contribution in [-0.4, -0.2) is 16.5 Å². The van der Waals surface area contributed by atoms with Gasteiger partial charge < -0.3 is 5.11 Å². The van der Waals surface area contributed by atoms with Crippen molar-refractivity contribution in [1.29, 1.82) is 0 Å². The van der Waals surface area contributed by atoms with Gasteiger partial charge in [0.1, 0.15) is 5.60 Å². The lowest BCUT2D eigenvalue weighted by Gasteiger charge is -2.21. The van der Waals surface area contributed by atoms with Crippen LogP contribution in [0.3, 0.4) is 0 Å². The fourth-order valence-corrected chi connectivity index (χ4v) is 1.26. The number of hydrogen-bond donors (Lipinski definition) is 1. The van der Waals surface area contributed by atoms with Gasteiger partial charge in [-0.25, -0.2) is 0 Å². The van der Waals surface area contributed by atoms with Gasteiger partial charge in [0.05, 0.1) is 0 Å². The van der Waals surface area contributed by atoms with Gasteiger partial charge in [-0.05, 0) is 43.6 Å². The predicted octanol–water partition coefficient (Wildman–Crippen LogP) is 1.77. The summed E-state index contributed by atoms with van der Waals surface area (Å²) in [6, 6.07) is 0. The van der Waals surface area contributed by atoms with E-state index in [9.17, 15) is 9.90 Å². The third kappa shape index (κ3) is 2.99. The lowest BCUT2D eigenvalue weighted by atomic mass is 9.92. The molecule has 0 fully saturated rings. The fraction of sp³-hybridized carbons (Fsp3) is 0.364. The van der Waals surface area contributed by atoms with E-state index >= 15 is 0 Å². The van der Waals surface area contributed by atoms with Gasteiger partial charge in [-0.3, -0.25) is 4.79 Å². The number of carbonyl (C=O) groups is 1. The molecule has 0 saturated heterocycles. The van der Waals surface area contributed by atoms with E-state index in [1.54, 1.807) is 12.2 Å². The second-order valence-corrected chi connectivity index (χ2v) is 3.24. The first-order valence-electron chi connectivity index (χ1n) is 4.42. The average Bonchev–Trinajstić information content (AvgIpc) is 2.12. The van der Waals surface area contributed by atoms with Crippen LogP contribution in [0.5, 0.6) is 0 Å². The summed E-state index contributed by atoms with van der Waals surface area (Å²) in [5, 5.41) is 9.86. The molecule has 0 aromatic heterocycles.